The number of hydrogen-bond donors (Lipinski definition) is 3. The number of nitrogens with one attached hydrogen (secondary N) is 2. The molecule has 0 aliphatic heterocycles. The van der Waals surface area contributed by atoms with Gasteiger partial charge < -0.3 is 15.2 Å². The first-order valence-corrected chi connectivity index (χ1v) is 6.26. The van der Waals surface area contributed by atoms with Gasteiger partial charge in [-0.1, -0.05) is 12.1 Å². The van der Waals surface area contributed by atoms with Gasteiger partial charge in [-0.15, -0.1) is 0 Å². The third-order valence-electron chi connectivity index (χ3n) is 2.85. The number of carbonyl (C=O) groups is 1. The number of rotatable bonds is 5. The van der Waals surface area contributed by atoms with Crippen LogP contribution in [0, 0.1) is 0 Å². The van der Waals surface area contributed by atoms with Crippen molar-refractivity contribution in [2.45, 2.75) is 6.10 Å². The monoisotopic (exact) mass is 289 g/mol. The smallest absolute Gasteiger partial charge is 0.271 e. The van der Waals surface area contributed by atoms with Crippen LogP contribution in [0.15, 0.2) is 41.2 Å². The van der Waals surface area contributed by atoms with Gasteiger partial charge in [0.2, 0.25) is 0 Å². The van der Waals surface area contributed by atoms with Crippen LogP contribution in [0.3, 0.4) is 0 Å². The molecule has 0 radical (unpaired) electrons. The van der Waals surface area contributed by atoms with Gasteiger partial charge in [-0.05, 0) is 23.8 Å². The summed E-state index contributed by atoms with van der Waals surface area (Å²) in [6, 6.07) is 9.46. The van der Waals surface area contributed by atoms with E-state index in [1.54, 1.807) is 24.3 Å². The zero-order valence-electron chi connectivity index (χ0n) is 11.4. The average molecular weight is 289 g/mol. The first-order chi connectivity index (χ1) is 10.1. The highest BCUT2D eigenvalue weighted by molar-refractivity contribution is 5.91. The van der Waals surface area contributed by atoms with E-state index in [2.05, 4.69) is 15.5 Å². The van der Waals surface area contributed by atoms with Crippen molar-refractivity contribution in [3.63, 3.8) is 0 Å². The second-order valence-electron chi connectivity index (χ2n) is 4.31. The molecule has 1 aromatic heterocycles. The highest BCUT2D eigenvalue weighted by Gasteiger charge is 2.12. The van der Waals surface area contributed by atoms with Gasteiger partial charge in [0.15, 0.2) is 0 Å². The van der Waals surface area contributed by atoms with Crippen molar-refractivity contribution < 1.29 is 14.6 Å². The summed E-state index contributed by atoms with van der Waals surface area (Å²) in [4.78, 5) is 22.6. The molecule has 2 rings (SSSR count). The van der Waals surface area contributed by atoms with Gasteiger partial charge in [0.1, 0.15) is 11.4 Å². The number of methoxy groups -OCH3 is 1. The topological polar surface area (TPSA) is 104 Å². The number of aromatic amines is 1. The van der Waals surface area contributed by atoms with E-state index in [9.17, 15) is 14.7 Å². The first-order valence-electron chi connectivity index (χ1n) is 6.26. The third kappa shape index (κ3) is 3.90. The van der Waals surface area contributed by atoms with Crippen LogP contribution >= 0.6 is 0 Å². The fraction of sp³-hybridized carbons (Fsp3) is 0.214. The summed E-state index contributed by atoms with van der Waals surface area (Å²) in [5, 5.41) is 18.3. The molecule has 1 aromatic carbocycles. The standard InChI is InChI=1S/C14H15N3O4/c1-21-10-4-2-3-9(7-10)12(18)8-15-14(20)11-5-6-13(19)17-16-11/h2-7,12,18H,8H2,1H3,(H,15,20)(H,17,19). The third-order valence-corrected chi connectivity index (χ3v) is 2.85. The Morgan fingerprint density at radius 2 is 2.24 bits per heavy atom. The number of hydrogen-bond acceptors (Lipinski definition) is 5. The summed E-state index contributed by atoms with van der Waals surface area (Å²) < 4.78 is 5.07. The summed E-state index contributed by atoms with van der Waals surface area (Å²) in [6.07, 6.45) is -0.869. The van der Waals surface area contributed by atoms with Crippen molar-refractivity contribution >= 4 is 5.91 Å². The van der Waals surface area contributed by atoms with E-state index < -0.39 is 12.0 Å². The number of nitrogens with zero attached hydrogens (tertiary/aromatic N) is 1. The highest BCUT2D eigenvalue weighted by Crippen LogP contribution is 2.18. The van der Waals surface area contributed by atoms with E-state index in [1.165, 1.54) is 19.2 Å². The average Bonchev–Trinajstić information content (AvgIpc) is 2.53. The Morgan fingerprint density at radius 1 is 1.43 bits per heavy atom. The minimum atomic E-state index is -0.869. The van der Waals surface area contributed by atoms with Gasteiger partial charge in [-0.3, -0.25) is 9.59 Å². The van der Waals surface area contributed by atoms with E-state index in [0.717, 1.165) is 0 Å². The minimum Gasteiger partial charge on any atom is -0.497 e. The number of H-pyrrole nitrogens is 1. The molecule has 0 spiro atoms. The van der Waals surface area contributed by atoms with Crippen molar-refractivity contribution in [1.29, 1.82) is 0 Å². The van der Waals surface area contributed by atoms with E-state index in [-0.39, 0.29) is 17.8 Å². The summed E-state index contributed by atoms with van der Waals surface area (Å²) >= 11 is 0. The Balaban J connectivity index is 1.96. The molecule has 0 bridgehead atoms. The Hall–Kier alpha value is -2.67. The van der Waals surface area contributed by atoms with Gasteiger partial charge in [0.05, 0.1) is 13.2 Å². The van der Waals surface area contributed by atoms with Crippen LogP contribution in [-0.2, 0) is 0 Å². The summed E-state index contributed by atoms with van der Waals surface area (Å²) in [5.41, 5.74) is 0.319. The molecule has 7 nitrogen and oxygen atoms in total. The first kappa shape index (κ1) is 14.7. The Morgan fingerprint density at radius 3 is 2.90 bits per heavy atom. The number of carbonyl (C=O) groups excluding carboxylic acids is 1. The number of amides is 1. The lowest BCUT2D eigenvalue weighted by Gasteiger charge is -2.13. The van der Waals surface area contributed by atoms with Crippen molar-refractivity contribution in [1.82, 2.24) is 15.5 Å². The van der Waals surface area contributed by atoms with Crippen molar-refractivity contribution in [2.75, 3.05) is 13.7 Å². The predicted octanol–water partition coefficient (Wildman–Crippen LogP) is 0.242. The quantitative estimate of drug-likeness (QED) is 0.731. The van der Waals surface area contributed by atoms with Gasteiger partial charge in [-0.2, -0.15) is 5.10 Å². The molecule has 1 unspecified atom stereocenters. The number of aromatic nitrogens is 2. The molecule has 0 aliphatic rings. The van der Waals surface area contributed by atoms with E-state index in [4.69, 9.17) is 4.74 Å². The predicted molar refractivity (Wildman–Crippen MR) is 75.1 cm³/mol. The lowest BCUT2D eigenvalue weighted by Crippen LogP contribution is -2.29. The van der Waals surface area contributed by atoms with Crippen LogP contribution < -0.4 is 15.6 Å². The lowest BCUT2D eigenvalue weighted by atomic mass is 10.1. The van der Waals surface area contributed by atoms with Gasteiger partial charge >= 0.3 is 0 Å². The van der Waals surface area contributed by atoms with Gasteiger partial charge in [0.25, 0.3) is 11.5 Å². The molecule has 0 saturated heterocycles. The molecule has 1 heterocycles. The number of benzene rings is 1. The molecule has 0 fully saturated rings. The Labute approximate surface area is 120 Å². The van der Waals surface area contributed by atoms with Crippen LogP contribution in [0.5, 0.6) is 5.75 Å². The molecular formula is C14H15N3O4. The molecule has 3 N–H and O–H groups in total. The molecule has 21 heavy (non-hydrogen) atoms. The fourth-order valence-corrected chi connectivity index (χ4v) is 1.72. The molecule has 7 heteroatoms. The largest absolute Gasteiger partial charge is 0.497 e. The molecule has 0 saturated carbocycles. The van der Waals surface area contributed by atoms with Gasteiger partial charge in [-0.25, -0.2) is 5.10 Å². The second kappa shape index (κ2) is 6.67. The van der Waals surface area contributed by atoms with Gasteiger partial charge in [0, 0.05) is 12.6 Å². The summed E-state index contributed by atoms with van der Waals surface area (Å²) in [5.74, 6) is 0.147. The maximum Gasteiger partial charge on any atom is 0.271 e. The van der Waals surface area contributed by atoms with Crippen LogP contribution in [0.1, 0.15) is 22.2 Å². The number of aliphatic hydroxyl groups is 1. The minimum absolute atomic E-state index is 0.0206. The van der Waals surface area contributed by atoms with Crippen LogP contribution in [0.25, 0.3) is 0 Å². The molecule has 1 amide bonds. The maximum atomic E-state index is 11.8. The number of ether oxygens (including phenoxy) is 1. The highest BCUT2D eigenvalue weighted by atomic mass is 16.5. The second-order valence-corrected chi connectivity index (χ2v) is 4.31. The maximum absolute atomic E-state index is 11.8. The fourth-order valence-electron chi connectivity index (χ4n) is 1.72. The zero-order valence-corrected chi connectivity index (χ0v) is 11.4. The molecule has 0 aliphatic carbocycles. The van der Waals surface area contributed by atoms with Crippen LogP contribution in [0.4, 0.5) is 0 Å². The Kier molecular flexibility index (Phi) is 4.68. The van der Waals surface area contributed by atoms with Crippen molar-refractivity contribution in [2.24, 2.45) is 0 Å². The normalized spacial score (nSPS) is 11.7. The molecular weight excluding hydrogens is 274 g/mol. The lowest BCUT2D eigenvalue weighted by molar-refractivity contribution is 0.0910. The van der Waals surface area contributed by atoms with Crippen molar-refractivity contribution in [3.8, 4) is 5.75 Å². The van der Waals surface area contributed by atoms with E-state index >= 15 is 0 Å². The van der Waals surface area contributed by atoms with E-state index in [0.29, 0.717) is 11.3 Å². The summed E-state index contributed by atoms with van der Waals surface area (Å²) in [7, 11) is 1.54. The van der Waals surface area contributed by atoms with Crippen molar-refractivity contribution in [3.05, 3.63) is 58.0 Å². The summed E-state index contributed by atoms with van der Waals surface area (Å²) in [6.45, 7) is 0.0206. The SMILES string of the molecule is COc1cccc(C(O)CNC(=O)c2ccc(=O)[nH]n2)c1. The van der Waals surface area contributed by atoms with Crippen LogP contribution in [0.2, 0.25) is 0 Å². The Bertz CT molecular complexity index is 663. The molecule has 2 aromatic rings. The molecule has 1 atom stereocenters. The zero-order chi connectivity index (χ0) is 15.2. The molecule has 110 valence electrons. The number of aliphatic hydroxyl groups excluding tert-OH is 1. The van der Waals surface area contributed by atoms with E-state index in [1.807, 2.05) is 0 Å². The van der Waals surface area contributed by atoms with Crippen LogP contribution in [-0.4, -0.2) is 34.9 Å².